The quantitative estimate of drug-likeness (QED) is 0.0320. The van der Waals surface area contributed by atoms with Crippen LogP contribution in [0.3, 0.4) is 0 Å². The fourth-order valence-corrected chi connectivity index (χ4v) is 10.8. The van der Waals surface area contributed by atoms with E-state index in [9.17, 15) is 19.8 Å². The second kappa shape index (κ2) is 66.6. The standard InChI is InChI=1S/C71H135NO5/c1-3-5-7-9-11-13-15-17-36-40-43-47-51-55-59-63-69(74)68(67-73)72-70(75)64-60-56-52-48-44-41-37-34-32-30-28-26-24-22-20-18-19-21-23-25-27-29-31-33-35-38-42-46-50-54-58-62-66-77-71(76)65-61-57-53-49-45-39-16-14-12-10-8-6-4-2/h14,16,21,23,59,63,68-69,73-74H,3-13,15,17-20,22,24-58,60-62,64-67H2,1-2H3,(H,72,75)/b16-14-,23-21-,63-59+. The van der Waals surface area contributed by atoms with Crippen molar-refractivity contribution < 1.29 is 24.5 Å². The topological polar surface area (TPSA) is 95.9 Å². The zero-order valence-electron chi connectivity index (χ0n) is 52.0. The van der Waals surface area contributed by atoms with Gasteiger partial charge in [0.05, 0.1) is 25.4 Å². The lowest BCUT2D eigenvalue weighted by Crippen LogP contribution is -2.45. The number of esters is 1. The minimum absolute atomic E-state index is 0.00884. The summed E-state index contributed by atoms with van der Waals surface area (Å²) < 4.78 is 5.48. The maximum Gasteiger partial charge on any atom is 0.305 e. The van der Waals surface area contributed by atoms with Gasteiger partial charge in [0.1, 0.15) is 0 Å². The summed E-state index contributed by atoms with van der Waals surface area (Å²) in [6.45, 7) is 4.91. The first-order chi connectivity index (χ1) is 38.0. The summed E-state index contributed by atoms with van der Waals surface area (Å²) in [4.78, 5) is 24.5. The molecule has 3 N–H and O–H groups in total. The fraction of sp³-hybridized carbons (Fsp3) is 0.887. The maximum atomic E-state index is 12.5. The van der Waals surface area contributed by atoms with Gasteiger partial charge in [0, 0.05) is 12.8 Å². The molecule has 0 bridgehead atoms. The smallest absolute Gasteiger partial charge is 0.305 e. The number of aliphatic hydroxyl groups is 2. The minimum Gasteiger partial charge on any atom is -0.466 e. The van der Waals surface area contributed by atoms with E-state index in [0.717, 1.165) is 44.9 Å². The molecule has 0 heterocycles. The van der Waals surface area contributed by atoms with Crippen molar-refractivity contribution >= 4 is 11.9 Å². The third-order valence-electron chi connectivity index (χ3n) is 16.1. The van der Waals surface area contributed by atoms with Gasteiger partial charge in [0.2, 0.25) is 5.91 Å². The molecule has 0 saturated heterocycles. The van der Waals surface area contributed by atoms with Crippen molar-refractivity contribution in [1.29, 1.82) is 0 Å². The third kappa shape index (κ3) is 63.1. The number of carbonyl (C=O) groups excluding carboxylic acids is 2. The van der Waals surface area contributed by atoms with Crippen LogP contribution in [-0.4, -0.2) is 47.4 Å². The highest BCUT2D eigenvalue weighted by molar-refractivity contribution is 5.76. The van der Waals surface area contributed by atoms with Crippen molar-refractivity contribution in [2.75, 3.05) is 13.2 Å². The first kappa shape index (κ1) is 75.1. The largest absolute Gasteiger partial charge is 0.466 e. The summed E-state index contributed by atoms with van der Waals surface area (Å²) in [6, 6.07) is -0.626. The van der Waals surface area contributed by atoms with Gasteiger partial charge in [-0.3, -0.25) is 9.59 Å². The van der Waals surface area contributed by atoms with E-state index in [1.807, 2.05) is 6.08 Å². The summed E-state index contributed by atoms with van der Waals surface area (Å²) in [5.41, 5.74) is 0. The van der Waals surface area contributed by atoms with Gasteiger partial charge in [-0.2, -0.15) is 0 Å². The van der Waals surface area contributed by atoms with Gasteiger partial charge >= 0.3 is 5.97 Å². The Balaban J connectivity index is 3.37. The summed E-state index contributed by atoms with van der Waals surface area (Å²) in [7, 11) is 0. The predicted octanol–water partition coefficient (Wildman–Crippen LogP) is 22.3. The number of rotatable bonds is 65. The molecule has 0 spiro atoms. The minimum atomic E-state index is -0.842. The summed E-state index contributed by atoms with van der Waals surface area (Å²) in [5, 5.41) is 23.2. The fourth-order valence-electron chi connectivity index (χ4n) is 10.8. The van der Waals surface area contributed by atoms with Crippen molar-refractivity contribution in [3.8, 4) is 0 Å². The van der Waals surface area contributed by atoms with Gasteiger partial charge < -0.3 is 20.3 Å². The van der Waals surface area contributed by atoms with Gasteiger partial charge in [0.15, 0.2) is 0 Å². The summed E-state index contributed by atoms with van der Waals surface area (Å²) >= 11 is 0. The molecule has 0 aliphatic carbocycles. The number of carbonyl (C=O) groups is 2. The molecule has 0 aliphatic heterocycles. The second-order valence-corrected chi connectivity index (χ2v) is 23.9. The van der Waals surface area contributed by atoms with Crippen LogP contribution in [0.5, 0.6) is 0 Å². The van der Waals surface area contributed by atoms with Gasteiger partial charge in [-0.15, -0.1) is 0 Å². The molecule has 0 aromatic heterocycles. The molecule has 0 radical (unpaired) electrons. The number of hydrogen-bond acceptors (Lipinski definition) is 5. The van der Waals surface area contributed by atoms with Crippen LogP contribution in [0.15, 0.2) is 36.5 Å². The summed E-state index contributed by atoms with van der Waals surface area (Å²) in [5.74, 6) is -0.0545. The molecule has 0 rings (SSSR count). The highest BCUT2D eigenvalue weighted by atomic mass is 16.5. The van der Waals surface area contributed by atoms with E-state index in [-0.39, 0.29) is 18.5 Å². The first-order valence-electron chi connectivity index (χ1n) is 34.8. The Morgan fingerprint density at radius 2 is 0.610 bits per heavy atom. The van der Waals surface area contributed by atoms with Crippen molar-refractivity contribution in [2.24, 2.45) is 0 Å². The Labute approximate surface area is 481 Å². The molecule has 2 atom stereocenters. The number of hydrogen-bond donors (Lipinski definition) is 3. The average Bonchev–Trinajstić information content (AvgIpc) is 3.43. The van der Waals surface area contributed by atoms with Crippen LogP contribution in [0.1, 0.15) is 380 Å². The molecule has 6 heteroatoms. The molecule has 454 valence electrons. The van der Waals surface area contributed by atoms with Crippen LogP contribution in [0.25, 0.3) is 0 Å². The molecular formula is C71H135NO5. The number of unbranched alkanes of at least 4 members (excludes halogenated alkanes) is 50. The van der Waals surface area contributed by atoms with E-state index in [1.165, 1.54) is 308 Å². The lowest BCUT2D eigenvalue weighted by atomic mass is 10.0. The molecular weight excluding hydrogens is 947 g/mol. The summed E-state index contributed by atoms with van der Waals surface area (Å²) in [6.07, 6.45) is 85.1. The third-order valence-corrected chi connectivity index (χ3v) is 16.1. The number of allylic oxidation sites excluding steroid dienone is 5. The zero-order valence-corrected chi connectivity index (χ0v) is 52.0. The second-order valence-electron chi connectivity index (χ2n) is 23.9. The predicted molar refractivity (Wildman–Crippen MR) is 338 cm³/mol. The van der Waals surface area contributed by atoms with Gasteiger partial charge in [-0.25, -0.2) is 0 Å². The van der Waals surface area contributed by atoms with E-state index in [1.54, 1.807) is 6.08 Å². The van der Waals surface area contributed by atoms with E-state index in [2.05, 4.69) is 43.5 Å². The van der Waals surface area contributed by atoms with Crippen molar-refractivity contribution in [1.82, 2.24) is 5.32 Å². The Bertz CT molecular complexity index is 1250. The first-order valence-corrected chi connectivity index (χ1v) is 34.8. The van der Waals surface area contributed by atoms with E-state index in [0.29, 0.717) is 19.4 Å². The number of amides is 1. The van der Waals surface area contributed by atoms with Crippen LogP contribution in [0, 0.1) is 0 Å². The van der Waals surface area contributed by atoms with Crippen molar-refractivity contribution in [3.05, 3.63) is 36.5 Å². The molecule has 0 fully saturated rings. The Kier molecular flexibility index (Phi) is 64.9. The highest BCUT2D eigenvalue weighted by Gasteiger charge is 2.18. The molecule has 0 aliphatic rings. The Hall–Kier alpha value is -1.92. The Morgan fingerprint density at radius 1 is 0.351 bits per heavy atom. The van der Waals surface area contributed by atoms with E-state index < -0.39 is 12.1 Å². The SMILES string of the molecule is CCCCCC/C=C\CCCCCCCC(=O)OCCCCCCCCCCCCCC/C=C\CCCCCCCCCCCCCCCCCCC(=O)NC(CO)C(O)/C=C/CCCCCCCCCCCCCCC. The highest BCUT2D eigenvalue weighted by Crippen LogP contribution is 2.18. The molecule has 2 unspecified atom stereocenters. The van der Waals surface area contributed by atoms with Gasteiger partial charge in [0.25, 0.3) is 0 Å². The monoisotopic (exact) mass is 1080 g/mol. The van der Waals surface area contributed by atoms with Crippen LogP contribution >= 0.6 is 0 Å². The molecule has 6 nitrogen and oxygen atoms in total. The van der Waals surface area contributed by atoms with Crippen LogP contribution in [-0.2, 0) is 14.3 Å². The van der Waals surface area contributed by atoms with Gasteiger partial charge in [-0.1, -0.05) is 320 Å². The lowest BCUT2D eigenvalue weighted by Gasteiger charge is -2.20. The zero-order chi connectivity index (χ0) is 55.7. The van der Waals surface area contributed by atoms with E-state index in [4.69, 9.17) is 4.74 Å². The maximum absolute atomic E-state index is 12.5. The normalized spacial score (nSPS) is 12.7. The molecule has 0 aromatic carbocycles. The van der Waals surface area contributed by atoms with Crippen LogP contribution in [0.4, 0.5) is 0 Å². The number of aliphatic hydroxyl groups excluding tert-OH is 2. The number of ether oxygens (including phenoxy) is 1. The Morgan fingerprint density at radius 3 is 0.935 bits per heavy atom. The molecule has 0 saturated carbocycles. The van der Waals surface area contributed by atoms with Gasteiger partial charge in [-0.05, 0) is 83.5 Å². The van der Waals surface area contributed by atoms with Crippen molar-refractivity contribution in [3.63, 3.8) is 0 Å². The van der Waals surface area contributed by atoms with Crippen LogP contribution in [0.2, 0.25) is 0 Å². The van der Waals surface area contributed by atoms with E-state index >= 15 is 0 Å². The van der Waals surface area contributed by atoms with Crippen LogP contribution < -0.4 is 5.32 Å². The van der Waals surface area contributed by atoms with Crippen molar-refractivity contribution in [2.45, 2.75) is 392 Å². The molecule has 0 aromatic rings. The average molecular weight is 1080 g/mol. The molecule has 77 heavy (non-hydrogen) atoms. The molecule has 1 amide bonds. The lowest BCUT2D eigenvalue weighted by molar-refractivity contribution is -0.143. The number of nitrogens with one attached hydrogen (secondary N) is 1.